The fraction of sp³-hybridized carbons (Fsp3) is 0.579. The van der Waals surface area contributed by atoms with Crippen LogP contribution in [0.15, 0.2) is 30.3 Å². The lowest BCUT2D eigenvalue weighted by Gasteiger charge is -2.28. The van der Waals surface area contributed by atoms with Crippen LogP contribution in [0.4, 0.5) is 0 Å². The van der Waals surface area contributed by atoms with Gasteiger partial charge in [0, 0.05) is 26.2 Å². The number of aliphatic carboxylic acids is 1. The Bertz CT molecular complexity index is 550. The predicted octanol–water partition coefficient (Wildman–Crippen LogP) is 2.60. The molecule has 2 N–H and O–H groups in total. The van der Waals surface area contributed by atoms with Crippen LogP contribution in [0.25, 0.3) is 0 Å². The third-order valence-corrected chi connectivity index (χ3v) is 4.83. The molecule has 1 saturated heterocycles. The second-order valence-corrected chi connectivity index (χ2v) is 7.13. The first kappa shape index (κ1) is 18.5. The van der Waals surface area contributed by atoms with Gasteiger partial charge in [0.2, 0.25) is 5.91 Å². The van der Waals surface area contributed by atoms with E-state index in [0.717, 1.165) is 18.4 Å². The van der Waals surface area contributed by atoms with Gasteiger partial charge in [-0.05, 0) is 29.7 Å². The lowest BCUT2D eigenvalue weighted by molar-refractivity contribution is -0.145. The molecule has 0 radical (unpaired) electrons. The van der Waals surface area contributed by atoms with E-state index in [1.165, 1.54) is 0 Å². The molecule has 0 saturated carbocycles. The van der Waals surface area contributed by atoms with Crippen molar-refractivity contribution in [1.82, 2.24) is 5.32 Å². The van der Waals surface area contributed by atoms with E-state index in [4.69, 9.17) is 4.74 Å². The zero-order chi connectivity index (χ0) is 17.6. The Kier molecular flexibility index (Phi) is 6.37. The Morgan fingerprint density at radius 2 is 1.88 bits per heavy atom. The topological polar surface area (TPSA) is 75.6 Å². The summed E-state index contributed by atoms with van der Waals surface area (Å²) in [4.78, 5) is 23.8. The molecule has 1 aliphatic rings. The Hall–Kier alpha value is -1.88. The number of carboxylic acids is 1. The third kappa shape index (κ3) is 5.06. The smallest absolute Gasteiger partial charge is 0.308 e. The molecule has 1 aromatic rings. The number of rotatable bonds is 7. The van der Waals surface area contributed by atoms with Crippen molar-refractivity contribution >= 4 is 11.9 Å². The van der Waals surface area contributed by atoms with Crippen LogP contribution in [-0.2, 0) is 19.7 Å². The Morgan fingerprint density at radius 3 is 2.46 bits per heavy atom. The first-order valence-corrected chi connectivity index (χ1v) is 8.53. The molecule has 1 fully saturated rings. The summed E-state index contributed by atoms with van der Waals surface area (Å²) in [7, 11) is 0. The van der Waals surface area contributed by atoms with Crippen LogP contribution in [0.3, 0.4) is 0 Å². The number of hydrogen-bond donors (Lipinski definition) is 2. The van der Waals surface area contributed by atoms with E-state index in [-0.39, 0.29) is 23.8 Å². The van der Waals surface area contributed by atoms with Crippen molar-refractivity contribution in [1.29, 1.82) is 0 Å². The summed E-state index contributed by atoms with van der Waals surface area (Å²) in [6.45, 7) is 5.43. The van der Waals surface area contributed by atoms with Gasteiger partial charge in [0.1, 0.15) is 0 Å². The van der Waals surface area contributed by atoms with E-state index in [2.05, 4.69) is 5.32 Å². The van der Waals surface area contributed by atoms with Gasteiger partial charge in [-0.3, -0.25) is 9.59 Å². The number of carbonyl (C=O) groups excluding carboxylic acids is 1. The number of amides is 1. The monoisotopic (exact) mass is 333 g/mol. The summed E-state index contributed by atoms with van der Waals surface area (Å²) >= 11 is 0. The van der Waals surface area contributed by atoms with Gasteiger partial charge in [0.05, 0.1) is 5.92 Å². The van der Waals surface area contributed by atoms with Crippen molar-refractivity contribution in [3.63, 3.8) is 0 Å². The molecule has 132 valence electrons. The van der Waals surface area contributed by atoms with E-state index in [9.17, 15) is 14.7 Å². The molecular weight excluding hydrogens is 306 g/mol. The summed E-state index contributed by atoms with van der Waals surface area (Å²) in [6, 6.07) is 9.89. The minimum atomic E-state index is -0.843. The standard InChI is InChI=1S/C19H27NO4/c1-19(2,15-6-4-3-5-7-15)12-17(21)20-13-16(18(22)23)14-8-10-24-11-9-14/h3-7,14,16H,8-13H2,1-2H3,(H,20,21)(H,22,23). The van der Waals surface area contributed by atoms with Crippen molar-refractivity contribution in [2.24, 2.45) is 11.8 Å². The second kappa shape index (κ2) is 8.29. The average molecular weight is 333 g/mol. The molecule has 1 heterocycles. The lowest BCUT2D eigenvalue weighted by atomic mass is 9.81. The Balaban J connectivity index is 1.90. The van der Waals surface area contributed by atoms with Crippen molar-refractivity contribution in [2.45, 2.75) is 38.5 Å². The summed E-state index contributed by atoms with van der Waals surface area (Å²) in [5.41, 5.74) is 0.808. The van der Waals surface area contributed by atoms with Gasteiger partial charge in [0.15, 0.2) is 0 Å². The van der Waals surface area contributed by atoms with Gasteiger partial charge in [-0.25, -0.2) is 0 Å². The van der Waals surface area contributed by atoms with Crippen LogP contribution in [0.2, 0.25) is 0 Å². The molecular formula is C19H27NO4. The minimum Gasteiger partial charge on any atom is -0.481 e. The highest BCUT2D eigenvalue weighted by molar-refractivity contribution is 5.78. The highest BCUT2D eigenvalue weighted by atomic mass is 16.5. The second-order valence-electron chi connectivity index (χ2n) is 7.13. The van der Waals surface area contributed by atoms with Gasteiger partial charge in [0.25, 0.3) is 0 Å². The van der Waals surface area contributed by atoms with Gasteiger partial charge in [-0.1, -0.05) is 44.2 Å². The molecule has 5 nitrogen and oxygen atoms in total. The quantitative estimate of drug-likeness (QED) is 0.804. The SMILES string of the molecule is CC(C)(CC(=O)NCC(C(=O)O)C1CCOCC1)c1ccccc1. The van der Waals surface area contributed by atoms with E-state index < -0.39 is 11.9 Å². The number of hydrogen-bond acceptors (Lipinski definition) is 3. The predicted molar refractivity (Wildman–Crippen MR) is 91.8 cm³/mol. The molecule has 0 aliphatic carbocycles. The molecule has 5 heteroatoms. The van der Waals surface area contributed by atoms with Crippen molar-refractivity contribution in [3.05, 3.63) is 35.9 Å². The minimum absolute atomic E-state index is 0.0682. The molecule has 24 heavy (non-hydrogen) atoms. The zero-order valence-electron chi connectivity index (χ0n) is 14.5. The van der Waals surface area contributed by atoms with Gasteiger partial charge in [-0.15, -0.1) is 0 Å². The fourth-order valence-electron chi connectivity index (χ4n) is 3.25. The van der Waals surface area contributed by atoms with E-state index in [1.807, 2.05) is 44.2 Å². The number of carbonyl (C=O) groups is 2. The highest BCUT2D eigenvalue weighted by Crippen LogP contribution is 2.27. The third-order valence-electron chi connectivity index (χ3n) is 4.83. The van der Waals surface area contributed by atoms with Crippen LogP contribution < -0.4 is 5.32 Å². The van der Waals surface area contributed by atoms with Crippen LogP contribution in [0.5, 0.6) is 0 Å². The largest absolute Gasteiger partial charge is 0.481 e. The molecule has 0 bridgehead atoms. The van der Waals surface area contributed by atoms with Crippen molar-refractivity contribution in [2.75, 3.05) is 19.8 Å². The summed E-state index contributed by atoms with van der Waals surface area (Å²) in [6.07, 6.45) is 1.81. The maximum atomic E-state index is 12.3. The number of nitrogens with one attached hydrogen (secondary N) is 1. The van der Waals surface area contributed by atoms with Crippen molar-refractivity contribution in [3.8, 4) is 0 Å². The molecule has 1 aliphatic heterocycles. The van der Waals surface area contributed by atoms with E-state index in [0.29, 0.717) is 19.6 Å². The van der Waals surface area contributed by atoms with Gasteiger partial charge < -0.3 is 15.2 Å². The first-order valence-electron chi connectivity index (χ1n) is 8.53. The Morgan fingerprint density at radius 1 is 1.25 bits per heavy atom. The summed E-state index contributed by atoms with van der Waals surface area (Å²) in [5, 5.41) is 12.3. The number of ether oxygens (including phenoxy) is 1. The molecule has 0 aromatic heterocycles. The maximum absolute atomic E-state index is 12.3. The molecule has 1 atom stereocenters. The van der Waals surface area contributed by atoms with Crippen LogP contribution in [0.1, 0.15) is 38.7 Å². The van der Waals surface area contributed by atoms with Crippen molar-refractivity contribution < 1.29 is 19.4 Å². The highest BCUT2D eigenvalue weighted by Gasteiger charge is 2.31. The molecule has 2 rings (SSSR count). The Labute approximate surface area is 143 Å². The molecule has 0 spiro atoms. The zero-order valence-corrected chi connectivity index (χ0v) is 14.5. The van der Waals surface area contributed by atoms with Gasteiger partial charge in [-0.2, -0.15) is 0 Å². The van der Waals surface area contributed by atoms with Crippen LogP contribution in [-0.4, -0.2) is 36.7 Å². The number of carboxylic acid groups (broad SMARTS) is 1. The first-order chi connectivity index (χ1) is 11.4. The summed E-state index contributed by atoms with van der Waals surface area (Å²) < 4.78 is 5.29. The average Bonchev–Trinajstić information content (AvgIpc) is 2.56. The van der Waals surface area contributed by atoms with E-state index in [1.54, 1.807) is 0 Å². The van der Waals surface area contributed by atoms with Gasteiger partial charge >= 0.3 is 5.97 Å². The number of benzene rings is 1. The molecule has 1 unspecified atom stereocenters. The maximum Gasteiger partial charge on any atom is 0.308 e. The lowest BCUT2D eigenvalue weighted by Crippen LogP contribution is -2.40. The molecule has 1 aromatic carbocycles. The van der Waals surface area contributed by atoms with E-state index >= 15 is 0 Å². The normalized spacial score (nSPS) is 17.2. The summed E-state index contributed by atoms with van der Waals surface area (Å²) in [5.74, 6) is -1.43. The fourth-order valence-corrected chi connectivity index (χ4v) is 3.25. The molecule has 1 amide bonds. The van der Waals surface area contributed by atoms with Crippen LogP contribution >= 0.6 is 0 Å². The van der Waals surface area contributed by atoms with Crippen LogP contribution in [0, 0.1) is 11.8 Å².